The van der Waals surface area contributed by atoms with Gasteiger partial charge in [0.15, 0.2) is 0 Å². The summed E-state index contributed by atoms with van der Waals surface area (Å²) in [6.07, 6.45) is 0. The molecule has 1 heterocycles. The van der Waals surface area contributed by atoms with Crippen molar-refractivity contribution >= 4 is 17.7 Å². The van der Waals surface area contributed by atoms with E-state index in [-0.39, 0.29) is 30.3 Å². The Morgan fingerprint density at radius 1 is 1.08 bits per heavy atom. The van der Waals surface area contributed by atoms with Crippen molar-refractivity contribution in [3.05, 3.63) is 70.8 Å². The molecule has 3 amide bonds. The lowest BCUT2D eigenvalue weighted by atomic mass is 10.1. The maximum Gasteiger partial charge on any atom is 0.261 e. The number of amides is 3. The van der Waals surface area contributed by atoms with Crippen LogP contribution in [0.25, 0.3) is 0 Å². The largest absolute Gasteiger partial charge is 0.383 e. The van der Waals surface area contributed by atoms with Gasteiger partial charge in [-0.15, -0.1) is 0 Å². The van der Waals surface area contributed by atoms with Crippen LogP contribution in [0.3, 0.4) is 0 Å². The van der Waals surface area contributed by atoms with E-state index < -0.39 is 0 Å². The summed E-state index contributed by atoms with van der Waals surface area (Å²) in [5, 5.41) is 2.84. The number of nitrogens with one attached hydrogen (secondary N) is 1. The molecule has 0 saturated carbocycles. The topological polar surface area (TPSA) is 75.7 Å². The molecule has 0 aromatic heterocycles. The Balaban J connectivity index is 1.75. The number of hydrogen-bond acceptors (Lipinski definition) is 4. The van der Waals surface area contributed by atoms with Crippen molar-refractivity contribution in [3.63, 3.8) is 0 Å². The summed E-state index contributed by atoms with van der Waals surface area (Å²) in [5.41, 5.74) is 2.02. The van der Waals surface area contributed by atoms with E-state index >= 15 is 0 Å². The minimum atomic E-state index is -0.311. The Morgan fingerprint density at radius 2 is 1.73 bits per heavy atom. The molecule has 26 heavy (non-hydrogen) atoms. The van der Waals surface area contributed by atoms with Gasteiger partial charge in [0.2, 0.25) is 0 Å². The molecule has 1 N–H and O–H groups in total. The first-order valence-corrected chi connectivity index (χ1v) is 8.35. The molecule has 2 aromatic rings. The van der Waals surface area contributed by atoms with Crippen molar-refractivity contribution < 1.29 is 19.1 Å². The molecule has 1 aliphatic heterocycles. The summed E-state index contributed by atoms with van der Waals surface area (Å²) in [5.74, 6) is -0.845. The number of imide groups is 1. The zero-order valence-corrected chi connectivity index (χ0v) is 14.7. The molecule has 0 saturated heterocycles. The predicted octanol–water partition coefficient (Wildman–Crippen LogP) is 2.25. The van der Waals surface area contributed by atoms with Crippen molar-refractivity contribution in [2.24, 2.45) is 0 Å². The van der Waals surface area contributed by atoms with E-state index in [4.69, 9.17) is 4.74 Å². The second kappa shape index (κ2) is 7.49. The molecule has 0 aliphatic carbocycles. The van der Waals surface area contributed by atoms with Gasteiger partial charge in [-0.05, 0) is 36.8 Å². The average Bonchev–Trinajstić information content (AvgIpc) is 2.87. The fourth-order valence-corrected chi connectivity index (χ4v) is 2.98. The van der Waals surface area contributed by atoms with E-state index in [1.807, 2.05) is 6.92 Å². The van der Waals surface area contributed by atoms with Gasteiger partial charge in [-0.3, -0.25) is 19.3 Å². The van der Waals surface area contributed by atoms with Crippen LogP contribution in [0.4, 0.5) is 0 Å². The normalized spacial score (nSPS) is 14.3. The van der Waals surface area contributed by atoms with Gasteiger partial charge >= 0.3 is 0 Å². The van der Waals surface area contributed by atoms with Crippen molar-refractivity contribution in [2.45, 2.75) is 19.5 Å². The van der Waals surface area contributed by atoms with Crippen LogP contribution in [0.2, 0.25) is 0 Å². The second-order valence-electron chi connectivity index (χ2n) is 6.27. The van der Waals surface area contributed by atoms with Gasteiger partial charge in [0.1, 0.15) is 0 Å². The number of benzene rings is 2. The Morgan fingerprint density at radius 3 is 2.35 bits per heavy atom. The molecule has 0 spiro atoms. The number of carbonyl (C=O) groups is 3. The van der Waals surface area contributed by atoms with E-state index in [9.17, 15) is 14.4 Å². The zero-order chi connectivity index (χ0) is 18.7. The molecular formula is C20H20N2O4. The number of methoxy groups -OCH3 is 1. The molecule has 0 radical (unpaired) electrons. The van der Waals surface area contributed by atoms with Crippen LogP contribution in [0.15, 0.2) is 48.5 Å². The number of carbonyl (C=O) groups excluding carboxylic acids is 3. The second-order valence-corrected chi connectivity index (χ2v) is 6.27. The summed E-state index contributed by atoms with van der Waals surface area (Å²) in [7, 11) is 1.57. The zero-order valence-electron chi connectivity index (χ0n) is 14.7. The molecular weight excluding hydrogens is 332 g/mol. The van der Waals surface area contributed by atoms with Crippen molar-refractivity contribution in [3.8, 4) is 0 Å². The van der Waals surface area contributed by atoms with Crippen LogP contribution in [0.1, 0.15) is 43.6 Å². The third-order valence-corrected chi connectivity index (χ3v) is 4.20. The van der Waals surface area contributed by atoms with E-state index in [0.29, 0.717) is 28.9 Å². The molecule has 6 heteroatoms. The van der Waals surface area contributed by atoms with Gasteiger partial charge < -0.3 is 10.1 Å². The third kappa shape index (κ3) is 3.50. The first-order chi connectivity index (χ1) is 12.5. The molecule has 1 unspecified atom stereocenters. The fraction of sp³-hybridized carbons (Fsp3) is 0.250. The van der Waals surface area contributed by atoms with Gasteiger partial charge in [0.05, 0.1) is 24.3 Å². The molecule has 0 fully saturated rings. The van der Waals surface area contributed by atoms with Gasteiger partial charge in [0.25, 0.3) is 17.7 Å². The SMILES string of the molecule is COCC(C)NC(=O)c1cccc(CN2C(=O)c3ccccc3C2=O)c1. The third-order valence-electron chi connectivity index (χ3n) is 4.20. The molecule has 6 nitrogen and oxygen atoms in total. The quantitative estimate of drug-likeness (QED) is 0.809. The standard InChI is InChI=1S/C20H20N2O4/c1-13(12-26-2)21-18(23)15-7-5-6-14(10-15)11-22-19(24)16-8-3-4-9-17(16)20(22)25/h3-10,13H,11-12H2,1-2H3,(H,21,23). The fourth-order valence-electron chi connectivity index (χ4n) is 2.98. The van der Waals surface area contributed by atoms with Gasteiger partial charge in [-0.1, -0.05) is 24.3 Å². The summed E-state index contributed by atoms with van der Waals surface area (Å²) in [6, 6.07) is 13.6. The first-order valence-electron chi connectivity index (χ1n) is 8.35. The lowest BCUT2D eigenvalue weighted by molar-refractivity contribution is 0.0642. The average molecular weight is 352 g/mol. The predicted molar refractivity (Wildman–Crippen MR) is 95.9 cm³/mol. The lowest BCUT2D eigenvalue weighted by Gasteiger charge is -2.16. The summed E-state index contributed by atoms with van der Waals surface area (Å²) in [4.78, 5) is 38.4. The highest BCUT2D eigenvalue weighted by Gasteiger charge is 2.34. The number of nitrogens with zero attached hydrogens (tertiary/aromatic N) is 1. The monoisotopic (exact) mass is 352 g/mol. The molecule has 1 atom stereocenters. The van der Waals surface area contributed by atoms with Crippen LogP contribution >= 0.6 is 0 Å². The van der Waals surface area contributed by atoms with E-state index in [0.717, 1.165) is 0 Å². The molecule has 3 rings (SSSR count). The Kier molecular flexibility index (Phi) is 5.14. The van der Waals surface area contributed by atoms with Gasteiger partial charge in [0, 0.05) is 18.7 Å². The first kappa shape index (κ1) is 17.8. The highest BCUT2D eigenvalue weighted by Crippen LogP contribution is 2.24. The number of ether oxygens (including phenoxy) is 1. The summed E-state index contributed by atoms with van der Waals surface area (Å²) < 4.78 is 5.01. The number of fused-ring (bicyclic) bond motifs is 1. The Hall–Kier alpha value is -2.99. The summed E-state index contributed by atoms with van der Waals surface area (Å²) in [6.45, 7) is 2.39. The molecule has 134 valence electrons. The minimum Gasteiger partial charge on any atom is -0.383 e. The van der Waals surface area contributed by atoms with E-state index in [1.165, 1.54) is 4.90 Å². The van der Waals surface area contributed by atoms with Crippen LogP contribution in [0, 0.1) is 0 Å². The van der Waals surface area contributed by atoms with Crippen LogP contribution in [0.5, 0.6) is 0 Å². The smallest absolute Gasteiger partial charge is 0.261 e. The van der Waals surface area contributed by atoms with Crippen LogP contribution < -0.4 is 5.32 Å². The van der Waals surface area contributed by atoms with Crippen molar-refractivity contribution in [1.29, 1.82) is 0 Å². The maximum atomic E-state index is 12.5. The Labute approximate surface area is 151 Å². The van der Waals surface area contributed by atoms with Gasteiger partial charge in [-0.2, -0.15) is 0 Å². The van der Waals surface area contributed by atoms with Crippen molar-refractivity contribution in [1.82, 2.24) is 10.2 Å². The maximum absolute atomic E-state index is 12.5. The Bertz CT molecular complexity index is 827. The highest BCUT2D eigenvalue weighted by atomic mass is 16.5. The lowest BCUT2D eigenvalue weighted by Crippen LogP contribution is -2.35. The number of rotatable bonds is 6. The van der Waals surface area contributed by atoms with Crippen LogP contribution in [-0.4, -0.2) is 42.4 Å². The highest BCUT2D eigenvalue weighted by molar-refractivity contribution is 6.21. The summed E-state index contributed by atoms with van der Waals surface area (Å²) >= 11 is 0. The number of hydrogen-bond donors (Lipinski definition) is 1. The molecule has 2 aromatic carbocycles. The van der Waals surface area contributed by atoms with Crippen molar-refractivity contribution in [2.75, 3.05) is 13.7 Å². The van der Waals surface area contributed by atoms with Crippen LogP contribution in [-0.2, 0) is 11.3 Å². The van der Waals surface area contributed by atoms with Gasteiger partial charge in [-0.25, -0.2) is 0 Å². The molecule has 1 aliphatic rings. The van der Waals surface area contributed by atoms with E-state index in [2.05, 4.69) is 5.32 Å². The minimum absolute atomic E-state index is 0.118. The van der Waals surface area contributed by atoms with E-state index in [1.54, 1.807) is 55.6 Å². The molecule has 0 bridgehead atoms.